The minimum absolute atomic E-state index is 0.0432. The molecule has 0 unspecified atom stereocenters. The number of ether oxygens (including phenoxy) is 1. The molecule has 0 saturated heterocycles. The van der Waals surface area contributed by atoms with Crippen LogP contribution in [-0.2, 0) is 10.2 Å². The first-order chi connectivity index (χ1) is 14.0. The Morgan fingerprint density at radius 3 is 2.60 bits per heavy atom. The van der Waals surface area contributed by atoms with E-state index in [4.69, 9.17) is 4.74 Å². The van der Waals surface area contributed by atoms with E-state index >= 15 is 0 Å². The zero-order chi connectivity index (χ0) is 22.4. The van der Waals surface area contributed by atoms with E-state index in [1.807, 2.05) is 6.07 Å². The van der Waals surface area contributed by atoms with Gasteiger partial charge >= 0.3 is 5.69 Å². The van der Waals surface area contributed by atoms with Crippen molar-refractivity contribution in [1.82, 2.24) is 10.4 Å². The molecule has 1 aromatic carbocycles. The number of hydrogen-bond donors (Lipinski definition) is 1. The smallest absolute Gasteiger partial charge is 0.311 e. The molecule has 1 N–H and O–H groups in total. The fourth-order valence-electron chi connectivity index (χ4n) is 3.44. The molecule has 0 saturated carbocycles. The summed E-state index contributed by atoms with van der Waals surface area (Å²) in [6.45, 7) is 10.1. The highest BCUT2D eigenvalue weighted by Gasteiger charge is 2.29. The quantitative estimate of drug-likeness (QED) is 0.397. The van der Waals surface area contributed by atoms with Crippen LogP contribution >= 0.6 is 0 Å². The Balaban J connectivity index is 2.06. The summed E-state index contributed by atoms with van der Waals surface area (Å²) in [7, 11) is 0. The van der Waals surface area contributed by atoms with Crippen molar-refractivity contribution in [2.24, 2.45) is 10.5 Å². The molecule has 0 radical (unpaired) electrons. The molecular formula is C22H28N4O4. The zero-order valence-electron chi connectivity index (χ0n) is 18.0. The van der Waals surface area contributed by atoms with Crippen LogP contribution in [0.1, 0.15) is 52.2 Å². The van der Waals surface area contributed by atoms with Crippen LogP contribution in [0, 0.1) is 15.5 Å². The molecule has 2 rings (SSSR count). The summed E-state index contributed by atoms with van der Waals surface area (Å²) in [5.41, 5.74) is 3.55. The second kappa shape index (κ2) is 9.47. The number of nitro benzene ring substituents is 1. The molecule has 8 heteroatoms. The lowest BCUT2D eigenvalue weighted by Gasteiger charge is -2.33. The predicted octanol–water partition coefficient (Wildman–Crippen LogP) is 4.23. The number of hydrogen-bond acceptors (Lipinski definition) is 6. The summed E-state index contributed by atoms with van der Waals surface area (Å²) in [5.74, 6) is -0.483. The fourth-order valence-corrected chi connectivity index (χ4v) is 3.44. The van der Waals surface area contributed by atoms with E-state index in [0.29, 0.717) is 0 Å². The van der Waals surface area contributed by atoms with Gasteiger partial charge in [0.05, 0.1) is 11.1 Å². The molecule has 0 spiro atoms. The van der Waals surface area contributed by atoms with Crippen molar-refractivity contribution >= 4 is 17.8 Å². The Morgan fingerprint density at radius 2 is 2.00 bits per heavy atom. The number of nitrogens with zero attached hydrogens (tertiary/aromatic N) is 3. The van der Waals surface area contributed by atoms with E-state index in [2.05, 4.69) is 50.1 Å². The Kier molecular flexibility index (Phi) is 7.26. The second-order valence-corrected chi connectivity index (χ2v) is 8.93. The lowest BCUT2D eigenvalue weighted by Crippen LogP contribution is -2.26. The van der Waals surface area contributed by atoms with Crippen molar-refractivity contribution in [2.75, 3.05) is 6.61 Å². The van der Waals surface area contributed by atoms with Crippen molar-refractivity contribution < 1.29 is 14.5 Å². The number of carbonyl (C=O) groups excluding carboxylic acids is 1. The van der Waals surface area contributed by atoms with Crippen molar-refractivity contribution in [3.05, 3.63) is 64.0 Å². The van der Waals surface area contributed by atoms with Gasteiger partial charge in [-0.25, -0.2) is 5.43 Å². The van der Waals surface area contributed by atoms with Crippen LogP contribution < -0.4 is 10.2 Å². The summed E-state index contributed by atoms with van der Waals surface area (Å²) in [6.07, 6.45) is 5.53. The standard InChI is InChI=1S/C22H28N4O4/c1-21(2,3)15-22(4,5)17-8-9-19(18(11-17)26(28)29)30-14-20(27)25-24-13-16-7-6-10-23-12-16/h6-13H,14-15H2,1-5H3,(H,25,27)/b24-13-. The van der Waals surface area contributed by atoms with Crippen LogP contribution in [0.15, 0.2) is 47.8 Å². The molecule has 1 aromatic heterocycles. The van der Waals surface area contributed by atoms with Gasteiger partial charge in [-0.3, -0.25) is 19.9 Å². The third-order valence-electron chi connectivity index (χ3n) is 4.36. The molecular weight excluding hydrogens is 384 g/mol. The van der Waals surface area contributed by atoms with Crippen LogP contribution in [0.3, 0.4) is 0 Å². The predicted molar refractivity (Wildman–Crippen MR) is 116 cm³/mol. The molecule has 0 aliphatic carbocycles. The van der Waals surface area contributed by atoms with Crippen LogP contribution in [0.4, 0.5) is 5.69 Å². The van der Waals surface area contributed by atoms with Crippen LogP contribution in [0.25, 0.3) is 0 Å². The summed E-state index contributed by atoms with van der Waals surface area (Å²) in [6, 6.07) is 8.42. The highest BCUT2D eigenvalue weighted by molar-refractivity contribution is 5.82. The highest BCUT2D eigenvalue weighted by Crippen LogP contribution is 2.39. The number of nitro groups is 1. The van der Waals surface area contributed by atoms with Crippen molar-refractivity contribution in [1.29, 1.82) is 0 Å². The van der Waals surface area contributed by atoms with E-state index in [1.165, 1.54) is 12.3 Å². The first-order valence-electron chi connectivity index (χ1n) is 9.62. The first-order valence-corrected chi connectivity index (χ1v) is 9.62. The number of nitrogens with one attached hydrogen (secondary N) is 1. The normalized spacial score (nSPS) is 12.0. The SMILES string of the molecule is CC(C)(C)CC(C)(C)c1ccc(OCC(=O)N/N=C\c2cccnc2)c([N+](=O)[O-])c1. The van der Waals surface area contributed by atoms with E-state index < -0.39 is 17.4 Å². The third kappa shape index (κ3) is 6.95. The zero-order valence-corrected chi connectivity index (χ0v) is 18.0. The highest BCUT2D eigenvalue weighted by atomic mass is 16.6. The second-order valence-electron chi connectivity index (χ2n) is 8.93. The number of rotatable bonds is 8. The molecule has 0 bridgehead atoms. The Bertz CT molecular complexity index is 918. The van der Waals surface area contributed by atoms with Crippen LogP contribution in [-0.4, -0.2) is 28.6 Å². The fraction of sp³-hybridized carbons (Fsp3) is 0.409. The minimum atomic E-state index is -0.526. The Morgan fingerprint density at radius 1 is 1.27 bits per heavy atom. The maximum Gasteiger partial charge on any atom is 0.311 e. The first kappa shape index (κ1) is 23.0. The average Bonchev–Trinajstić information content (AvgIpc) is 2.65. The Hall–Kier alpha value is -3.29. The summed E-state index contributed by atoms with van der Waals surface area (Å²) < 4.78 is 5.39. The lowest BCUT2D eigenvalue weighted by molar-refractivity contribution is -0.385. The maximum absolute atomic E-state index is 11.9. The summed E-state index contributed by atoms with van der Waals surface area (Å²) in [4.78, 5) is 26.9. The molecule has 0 atom stereocenters. The maximum atomic E-state index is 11.9. The van der Waals surface area contributed by atoms with Gasteiger partial charge in [0.25, 0.3) is 5.91 Å². The molecule has 160 valence electrons. The van der Waals surface area contributed by atoms with E-state index in [0.717, 1.165) is 17.5 Å². The van der Waals surface area contributed by atoms with E-state index in [-0.39, 0.29) is 22.3 Å². The number of benzene rings is 1. The molecule has 1 amide bonds. The molecule has 0 aliphatic rings. The van der Waals surface area contributed by atoms with Crippen molar-refractivity contribution in [2.45, 2.75) is 46.5 Å². The monoisotopic (exact) mass is 412 g/mol. The summed E-state index contributed by atoms with van der Waals surface area (Å²) >= 11 is 0. The van der Waals surface area contributed by atoms with Crippen molar-refractivity contribution in [3.8, 4) is 5.75 Å². The molecule has 0 fully saturated rings. The van der Waals surface area contributed by atoms with Crippen molar-refractivity contribution in [3.63, 3.8) is 0 Å². The summed E-state index contributed by atoms with van der Waals surface area (Å²) in [5, 5.41) is 15.4. The average molecular weight is 412 g/mol. The Labute approximate surface area is 176 Å². The number of aromatic nitrogens is 1. The van der Waals surface area contributed by atoms with E-state index in [9.17, 15) is 14.9 Å². The van der Waals surface area contributed by atoms with Gasteiger partial charge in [-0.15, -0.1) is 0 Å². The van der Waals surface area contributed by atoms with Gasteiger partial charge in [0.2, 0.25) is 0 Å². The molecule has 1 heterocycles. The number of carbonyl (C=O) groups is 1. The van der Waals surface area contributed by atoms with Gasteiger partial charge < -0.3 is 4.74 Å². The number of hydrazone groups is 1. The molecule has 8 nitrogen and oxygen atoms in total. The van der Waals surface area contributed by atoms with Crippen LogP contribution in [0.2, 0.25) is 0 Å². The van der Waals surface area contributed by atoms with Gasteiger partial charge in [-0.05, 0) is 34.9 Å². The van der Waals surface area contributed by atoms with Gasteiger partial charge in [0, 0.05) is 24.0 Å². The lowest BCUT2D eigenvalue weighted by atomic mass is 9.72. The van der Waals surface area contributed by atoms with Crippen LogP contribution in [0.5, 0.6) is 5.75 Å². The van der Waals surface area contributed by atoms with E-state index in [1.54, 1.807) is 30.6 Å². The van der Waals surface area contributed by atoms with Gasteiger partial charge in [0.1, 0.15) is 0 Å². The molecule has 2 aromatic rings. The molecule has 0 aliphatic heterocycles. The minimum Gasteiger partial charge on any atom is -0.477 e. The topological polar surface area (TPSA) is 107 Å². The number of amides is 1. The third-order valence-corrected chi connectivity index (χ3v) is 4.36. The number of pyridine rings is 1. The van der Waals surface area contributed by atoms with Gasteiger partial charge in [-0.2, -0.15) is 5.10 Å². The van der Waals surface area contributed by atoms with Gasteiger partial charge in [-0.1, -0.05) is 46.8 Å². The largest absolute Gasteiger partial charge is 0.477 e. The van der Waals surface area contributed by atoms with Gasteiger partial charge in [0.15, 0.2) is 12.4 Å². The molecule has 30 heavy (non-hydrogen) atoms.